The molecule has 0 unspecified atom stereocenters. The molecule has 0 bridgehead atoms. The van der Waals surface area contributed by atoms with Crippen molar-refractivity contribution < 1.29 is 4.79 Å². The molecule has 0 atom stereocenters. The van der Waals surface area contributed by atoms with Crippen LogP contribution in [0.25, 0.3) is 0 Å². The van der Waals surface area contributed by atoms with Crippen LogP contribution >= 0.6 is 0 Å². The maximum Gasteiger partial charge on any atom is 0.272 e. The molecule has 1 N–H and O–H groups in total. The fourth-order valence-corrected chi connectivity index (χ4v) is 2.35. The van der Waals surface area contributed by atoms with Crippen LogP contribution in [0.15, 0.2) is 36.9 Å². The summed E-state index contributed by atoms with van der Waals surface area (Å²) in [6.45, 7) is 2.25. The molecule has 3 rings (SSSR count). The zero-order valence-electron chi connectivity index (χ0n) is 11.7. The van der Waals surface area contributed by atoms with E-state index >= 15 is 0 Å². The Hall–Kier alpha value is -2.50. The first-order chi connectivity index (χ1) is 10.3. The molecule has 6 nitrogen and oxygen atoms in total. The molecule has 0 aliphatic carbocycles. The molecule has 2 aromatic rings. The van der Waals surface area contributed by atoms with Gasteiger partial charge in [0.2, 0.25) is 0 Å². The quantitative estimate of drug-likeness (QED) is 0.925. The van der Waals surface area contributed by atoms with Crippen molar-refractivity contribution in [2.24, 2.45) is 0 Å². The largest absolute Gasteiger partial charge is 0.366 e. The number of carbonyl (C=O) groups excluding carboxylic acids is 1. The van der Waals surface area contributed by atoms with Gasteiger partial charge in [-0.2, -0.15) is 0 Å². The van der Waals surface area contributed by atoms with Gasteiger partial charge in [0.1, 0.15) is 17.8 Å². The standard InChI is InChI=1S/C15H17N5O/c21-15(20-6-1-2-7-20)13-8-14(19-11-18-13)17-10-12-4-3-5-16-9-12/h3-5,8-9,11H,1-2,6-7,10H2,(H,17,18,19). The SMILES string of the molecule is O=C(c1cc(NCc2cccnc2)ncn1)N1CCCC1. The Bertz CT molecular complexity index is 610. The molecule has 1 fully saturated rings. The van der Waals surface area contributed by atoms with E-state index in [1.165, 1.54) is 6.33 Å². The summed E-state index contributed by atoms with van der Waals surface area (Å²) >= 11 is 0. The molecule has 3 heterocycles. The van der Waals surface area contributed by atoms with Gasteiger partial charge in [-0.3, -0.25) is 9.78 Å². The summed E-state index contributed by atoms with van der Waals surface area (Å²) in [6, 6.07) is 5.58. The third-order valence-electron chi connectivity index (χ3n) is 3.48. The van der Waals surface area contributed by atoms with Gasteiger partial charge in [0, 0.05) is 38.1 Å². The normalized spacial score (nSPS) is 14.2. The number of amides is 1. The number of nitrogens with one attached hydrogen (secondary N) is 1. The van der Waals surface area contributed by atoms with Gasteiger partial charge in [-0.25, -0.2) is 9.97 Å². The summed E-state index contributed by atoms with van der Waals surface area (Å²) in [5.41, 5.74) is 1.50. The molecule has 0 saturated carbocycles. The third-order valence-corrected chi connectivity index (χ3v) is 3.48. The highest BCUT2D eigenvalue weighted by Crippen LogP contribution is 2.13. The summed E-state index contributed by atoms with van der Waals surface area (Å²) in [5, 5.41) is 3.18. The zero-order chi connectivity index (χ0) is 14.5. The monoisotopic (exact) mass is 283 g/mol. The van der Waals surface area contributed by atoms with Crippen molar-refractivity contribution in [2.45, 2.75) is 19.4 Å². The molecule has 21 heavy (non-hydrogen) atoms. The van der Waals surface area contributed by atoms with Crippen molar-refractivity contribution >= 4 is 11.7 Å². The van der Waals surface area contributed by atoms with Gasteiger partial charge >= 0.3 is 0 Å². The van der Waals surface area contributed by atoms with Crippen LogP contribution in [0, 0.1) is 0 Å². The van der Waals surface area contributed by atoms with E-state index in [0.29, 0.717) is 18.1 Å². The third kappa shape index (κ3) is 3.34. The average Bonchev–Trinajstić information content (AvgIpc) is 3.08. The average molecular weight is 283 g/mol. The maximum atomic E-state index is 12.3. The van der Waals surface area contributed by atoms with Crippen LogP contribution < -0.4 is 5.32 Å². The predicted octanol–water partition coefficient (Wildman–Crippen LogP) is 1.72. The van der Waals surface area contributed by atoms with E-state index in [-0.39, 0.29) is 5.91 Å². The van der Waals surface area contributed by atoms with Gasteiger partial charge in [0.25, 0.3) is 5.91 Å². The second-order valence-electron chi connectivity index (χ2n) is 5.00. The van der Waals surface area contributed by atoms with Crippen LogP contribution in [0.4, 0.5) is 5.82 Å². The van der Waals surface area contributed by atoms with Crippen molar-refractivity contribution in [3.8, 4) is 0 Å². The highest BCUT2D eigenvalue weighted by atomic mass is 16.2. The fraction of sp³-hybridized carbons (Fsp3) is 0.333. The number of carbonyl (C=O) groups is 1. The molecule has 1 aliphatic rings. The number of pyridine rings is 1. The number of anilines is 1. The van der Waals surface area contributed by atoms with E-state index < -0.39 is 0 Å². The molecular formula is C15H17N5O. The lowest BCUT2D eigenvalue weighted by atomic mass is 10.3. The van der Waals surface area contributed by atoms with Crippen LogP contribution in [0.5, 0.6) is 0 Å². The first-order valence-electron chi connectivity index (χ1n) is 7.07. The Morgan fingerprint density at radius 3 is 2.90 bits per heavy atom. The Labute approximate surface area is 123 Å². The molecule has 2 aromatic heterocycles. The molecule has 1 amide bonds. The fourth-order valence-electron chi connectivity index (χ4n) is 2.35. The molecule has 6 heteroatoms. The van der Waals surface area contributed by atoms with Crippen LogP contribution in [0.1, 0.15) is 28.9 Å². The van der Waals surface area contributed by atoms with E-state index in [0.717, 1.165) is 31.5 Å². The maximum absolute atomic E-state index is 12.3. The second-order valence-corrected chi connectivity index (χ2v) is 5.00. The first kappa shape index (κ1) is 13.5. The van der Waals surface area contributed by atoms with Gasteiger partial charge in [-0.1, -0.05) is 6.07 Å². The first-order valence-corrected chi connectivity index (χ1v) is 7.07. The molecule has 0 aromatic carbocycles. The summed E-state index contributed by atoms with van der Waals surface area (Å²) in [6.07, 6.45) is 7.10. The Morgan fingerprint density at radius 1 is 1.29 bits per heavy atom. The number of likely N-dealkylation sites (tertiary alicyclic amines) is 1. The van der Waals surface area contributed by atoms with Crippen molar-refractivity contribution in [2.75, 3.05) is 18.4 Å². The lowest BCUT2D eigenvalue weighted by Crippen LogP contribution is -2.28. The molecule has 1 saturated heterocycles. The van der Waals surface area contributed by atoms with E-state index in [4.69, 9.17) is 0 Å². The number of nitrogens with zero attached hydrogens (tertiary/aromatic N) is 4. The molecule has 1 aliphatic heterocycles. The van der Waals surface area contributed by atoms with E-state index in [1.807, 2.05) is 17.0 Å². The number of aromatic nitrogens is 3. The summed E-state index contributed by atoms with van der Waals surface area (Å²) in [5.74, 6) is 0.635. The molecule has 108 valence electrons. The van der Waals surface area contributed by atoms with Crippen molar-refractivity contribution in [3.05, 3.63) is 48.2 Å². The summed E-state index contributed by atoms with van der Waals surface area (Å²) in [4.78, 5) is 26.4. The van der Waals surface area contributed by atoms with Gasteiger partial charge in [-0.05, 0) is 24.5 Å². The lowest BCUT2D eigenvalue weighted by molar-refractivity contribution is 0.0787. The van der Waals surface area contributed by atoms with Gasteiger partial charge in [0.05, 0.1) is 0 Å². The minimum Gasteiger partial charge on any atom is -0.366 e. The van der Waals surface area contributed by atoms with E-state index in [9.17, 15) is 4.79 Å². The molecule has 0 radical (unpaired) electrons. The Kier molecular flexibility index (Phi) is 4.04. The number of rotatable bonds is 4. The van der Waals surface area contributed by atoms with Crippen LogP contribution in [-0.4, -0.2) is 38.8 Å². The smallest absolute Gasteiger partial charge is 0.272 e. The van der Waals surface area contributed by atoms with Crippen molar-refractivity contribution in [3.63, 3.8) is 0 Å². The minimum absolute atomic E-state index is 0.0145. The Morgan fingerprint density at radius 2 is 2.14 bits per heavy atom. The zero-order valence-corrected chi connectivity index (χ0v) is 11.7. The molecular weight excluding hydrogens is 266 g/mol. The van der Waals surface area contributed by atoms with E-state index in [1.54, 1.807) is 18.5 Å². The van der Waals surface area contributed by atoms with Crippen LogP contribution in [0.3, 0.4) is 0 Å². The van der Waals surface area contributed by atoms with Crippen LogP contribution in [-0.2, 0) is 6.54 Å². The van der Waals surface area contributed by atoms with Gasteiger partial charge in [0.15, 0.2) is 0 Å². The van der Waals surface area contributed by atoms with Crippen LogP contribution in [0.2, 0.25) is 0 Å². The number of hydrogen-bond acceptors (Lipinski definition) is 5. The van der Waals surface area contributed by atoms with Gasteiger partial charge < -0.3 is 10.2 Å². The minimum atomic E-state index is -0.0145. The number of hydrogen-bond donors (Lipinski definition) is 1. The van der Waals surface area contributed by atoms with Gasteiger partial charge in [-0.15, -0.1) is 0 Å². The lowest BCUT2D eigenvalue weighted by Gasteiger charge is -2.14. The van der Waals surface area contributed by atoms with Crippen molar-refractivity contribution in [1.29, 1.82) is 0 Å². The van der Waals surface area contributed by atoms with E-state index in [2.05, 4.69) is 20.3 Å². The topological polar surface area (TPSA) is 71.0 Å². The Balaban J connectivity index is 1.66. The van der Waals surface area contributed by atoms with Crippen molar-refractivity contribution in [1.82, 2.24) is 19.9 Å². The predicted molar refractivity (Wildman–Crippen MR) is 78.7 cm³/mol. The summed E-state index contributed by atoms with van der Waals surface area (Å²) in [7, 11) is 0. The highest BCUT2D eigenvalue weighted by molar-refractivity contribution is 5.93. The second kappa shape index (κ2) is 6.30. The summed E-state index contributed by atoms with van der Waals surface area (Å²) < 4.78 is 0. The molecule has 0 spiro atoms. The highest BCUT2D eigenvalue weighted by Gasteiger charge is 2.20.